The van der Waals surface area contributed by atoms with Crippen molar-refractivity contribution in [2.75, 3.05) is 18.8 Å². The molecule has 4 nitrogen and oxygen atoms in total. The van der Waals surface area contributed by atoms with Gasteiger partial charge in [-0.3, -0.25) is 4.79 Å². The fourth-order valence-corrected chi connectivity index (χ4v) is 4.54. The highest BCUT2D eigenvalue weighted by Gasteiger charge is 2.30. The Bertz CT molecular complexity index is 1070. The number of anilines is 1. The molecule has 2 aromatic carbocycles. The van der Waals surface area contributed by atoms with E-state index in [1.807, 2.05) is 17.0 Å². The van der Waals surface area contributed by atoms with E-state index in [0.717, 1.165) is 29.0 Å². The van der Waals surface area contributed by atoms with Gasteiger partial charge in [-0.1, -0.05) is 59.4 Å². The van der Waals surface area contributed by atoms with Crippen molar-refractivity contribution in [3.05, 3.63) is 70.4 Å². The van der Waals surface area contributed by atoms with E-state index in [2.05, 4.69) is 56.1 Å². The number of carbonyl (C=O) groups is 1. The predicted octanol–water partition coefficient (Wildman–Crippen LogP) is 5.41. The molecule has 156 valence electrons. The largest absolute Gasteiger partial charge is 0.375 e. The lowest BCUT2D eigenvalue weighted by Gasteiger charge is -2.22. The van der Waals surface area contributed by atoms with Crippen LogP contribution in [0.3, 0.4) is 0 Å². The number of aromatic nitrogens is 1. The number of hydrogen-bond donors (Lipinski definition) is 1. The summed E-state index contributed by atoms with van der Waals surface area (Å²) in [4.78, 5) is 20.9. The summed E-state index contributed by atoms with van der Waals surface area (Å²) in [5, 5.41) is 0.440. The van der Waals surface area contributed by atoms with E-state index in [1.54, 1.807) is 0 Å². The van der Waals surface area contributed by atoms with Crippen LogP contribution in [0.2, 0.25) is 0 Å². The summed E-state index contributed by atoms with van der Waals surface area (Å²) in [5.74, 6) is 0.613. The molecule has 0 atom stereocenters. The molecule has 4 rings (SSSR count). The smallest absolute Gasteiger partial charge is 0.274 e. The number of rotatable bonds is 7. The first kappa shape index (κ1) is 20.6. The van der Waals surface area contributed by atoms with Gasteiger partial charge in [0.25, 0.3) is 5.91 Å². The minimum Gasteiger partial charge on any atom is -0.375 e. The van der Waals surface area contributed by atoms with Gasteiger partial charge in [0, 0.05) is 13.1 Å². The molecule has 0 aliphatic heterocycles. The number of nitrogens with two attached hydrogens (primary N) is 1. The first-order valence-corrected chi connectivity index (χ1v) is 11.4. The van der Waals surface area contributed by atoms with E-state index in [-0.39, 0.29) is 5.91 Å². The second-order valence-electron chi connectivity index (χ2n) is 8.46. The normalized spacial score (nSPS) is 13.4. The fraction of sp³-hybridized carbons (Fsp3) is 0.360. The zero-order valence-corrected chi connectivity index (χ0v) is 18.8. The number of carbonyl (C=O) groups excluding carboxylic acids is 1. The molecule has 0 bridgehead atoms. The van der Waals surface area contributed by atoms with Crippen LogP contribution in [0, 0.1) is 26.7 Å². The first-order chi connectivity index (χ1) is 14.4. The van der Waals surface area contributed by atoms with E-state index in [0.29, 0.717) is 23.3 Å². The van der Waals surface area contributed by atoms with Crippen LogP contribution in [-0.2, 0) is 6.42 Å². The summed E-state index contributed by atoms with van der Waals surface area (Å²) in [6, 6.07) is 14.7. The predicted molar refractivity (Wildman–Crippen MR) is 125 cm³/mol. The Kier molecular flexibility index (Phi) is 5.91. The number of nitrogens with zero attached hydrogens (tertiary/aromatic N) is 2. The van der Waals surface area contributed by atoms with Crippen molar-refractivity contribution < 1.29 is 4.79 Å². The highest BCUT2D eigenvalue weighted by atomic mass is 32.1. The minimum atomic E-state index is -0.00445. The maximum Gasteiger partial charge on any atom is 0.274 e. The van der Waals surface area contributed by atoms with Crippen molar-refractivity contribution in [3.63, 3.8) is 0 Å². The summed E-state index contributed by atoms with van der Waals surface area (Å²) >= 11 is 1.39. The number of aryl methyl sites for hydroxylation is 3. The maximum absolute atomic E-state index is 13.6. The highest BCUT2D eigenvalue weighted by Crippen LogP contribution is 2.35. The Morgan fingerprint density at radius 3 is 2.63 bits per heavy atom. The van der Waals surface area contributed by atoms with Gasteiger partial charge in [-0.05, 0) is 68.2 Å². The van der Waals surface area contributed by atoms with Crippen LogP contribution in [0.1, 0.15) is 45.6 Å². The SMILES string of the molecule is Cc1cccc(-c2sc(N)nc2C(=O)N(CCc2ccc(C)c(C)c2)CC2CC2)c1. The Labute approximate surface area is 182 Å². The van der Waals surface area contributed by atoms with Crippen LogP contribution in [0.25, 0.3) is 10.4 Å². The number of thiazole rings is 1. The quantitative estimate of drug-likeness (QED) is 0.557. The molecule has 1 amide bonds. The average molecular weight is 420 g/mol. The van der Waals surface area contributed by atoms with Gasteiger partial charge in [0.2, 0.25) is 0 Å². The molecule has 5 heteroatoms. The summed E-state index contributed by atoms with van der Waals surface area (Å²) in [5.41, 5.74) is 12.5. The van der Waals surface area contributed by atoms with Crippen molar-refractivity contribution >= 4 is 22.4 Å². The lowest BCUT2D eigenvalue weighted by molar-refractivity contribution is 0.0745. The molecule has 1 aliphatic rings. The van der Waals surface area contributed by atoms with Gasteiger partial charge >= 0.3 is 0 Å². The highest BCUT2D eigenvalue weighted by molar-refractivity contribution is 7.19. The van der Waals surface area contributed by atoms with Gasteiger partial charge in [0.1, 0.15) is 5.69 Å². The van der Waals surface area contributed by atoms with E-state index in [4.69, 9.17) is 5.73 Å². The molecule has 0 saturated heterocycles. The Morgan fingerprint density at radius 1 is 1.13 bits per heavy atom. The minimum absolute atomic E-state index is 0.00445. The number of amides is 1. The van der Waals surface area contributed by atoms with E-state index in [9.17, 15) is 4.79 Å². The topological polar surface area (TPSA) is 59.2 Å². The zero-order chi connectivity index (χ0) is 21.3. The molecule has 3 aromatic rings. The number of hydrogen-bond acceptors (Lipinski definition) is 4. The van der Waals surface area contributed by atoms with Gasteiger partial charge in [-0.15, -0.1) is 0 Å². The Morgan fingerprint density at radius 2 is 1.93 bits per heavy atom. The molecule has 0 radical (unpaired) electrons. The second kappa shape index (κ2) is 8.60. The molecule has 1 saturated carbocycles. The lowest BCUT2D eigenvalue weighted by atomic mass is 10.0. The van der Waals surface area contributed by atoms with E-state index in [1.165, 1.54) is 40.9 Å². The molecule has 0 unspecified atom stereocenters. The monoisotopic (exact) mass is 419 g/mol. The van der Waals surface area contributed by atoms with E-state index >= 15 is 0 Å². The van der Waals surface area contributed by atoms with Crippen LogP contribution in [-0.4, -0.2) is 28.9 Å². The van der Waals surface area contributed by atoms with Crippen LogP contribution >= 0.6 is 11.3 Å². The molecule has 0 spiro atoms. The summed E-state index contributed by atoms with van der Waals surface area (Å²) < 4.78 is 0. The summed E-state index contributed by atoms with van der Waals surface area (Å²) in [6.07, 6.45) is 3.26. The van der Waals surface area contributed by atoms with Gasteiger partial charge in [0.05, 0.1) is 4.88 Å². The van der Waals surface area contributed by atoms with Crippen molar-refractivity contribution in [2.45, 2.75) is 40.0 Å². The maximum atomic E-state index is 13.6. The van der Waals surface area contributed by atoms with Crippen LogP contribution in [0.5, 0.6) is 0 Å². The van der Waals surface area contributed by atoms with Crippen molar-refractivity contribution in [2.24, 2.45) is 5.92 Å². The fourth-order valence-electron chi connectivity index (χ4n) is 3.72. The molecule has 1 aromatic heterocycles. The van der Waals surface area contributed by atoms with Crippen molar-refractivity contribution in [1.82, 2.24) is 9.88 Å². The first-order valence-electron chi connectivity index (χ1n) is 10.6. The van der Waals surface area contributed by atoms with Gasteiger partial charge in [-0.25, -0.2) is 4.98 Å². The third kappa shape index (κ3) is 4.73. The van der Waals surface area contributed by atoms with Crippen molar-refractivity contribution in [1.29, 1.82) is 0 Å². The average Bonchev–Trinajstić information content (AvgIpc) is 3.46. The van der Waals surface area contributed by atoms with Crippen LogP contribution in [0.15, 0.2) is 42.5 Å². The standard InChI is InChI=1S/C25H29N3OS/c1-16-5-4-6-21(13-16)23-22(27-25(26)30-23)24(29)28(15-20-9-10-20)12-11-19-8-7-17(2)18(3)14-19/h4-8,13-14,20H,9-12,15H2,1-3H3,(H2,26,27). The number of nitrogen functional groups attached to an aromatic ring is 1. The van der Waals surface area contributed by atoms with Crippen LogP contribution in [0.4, 0.5) is 5.13 Å². The Balaban J connectivity index is 1.58. The third-order valence-corrected chi connectivity index (χ3v) is 6.76. The lowest BCUT2D eigenvalue weighted by Crippen LogP contribution is -2.35. The molecular formula is C25H29N3OS. The molecule has 1 aliphatic carbocycles. The molecule has 2 N–H and O–H groups in total. The summed E-state index contributed by atoms with van der Waals surface area (Å²) in [6.45, 7) is 7.81. The molecular weight excluding hydrogens is 390 g/mol. The van der Waals surface area contributed by atoms with E-state index < -0.39 is 0 Å². The van der Waals surface area contributed by atoms with Gasteiger partial charge in [-0.2, -0.15) is 0 Å². The molecule has 1 heterocycles. The summed E-state index contributed by atoms with van der Waals surface area (Å²) in [7, 11) is 0. The molecule has 30 heavy (non-hydrogen) atoms. The molecule has 1 fully saturated rings. The van der Waals surface area contributed by atoms with Crippen LogP contribution < -0.4 is 5.73 Å². The second-order valence-corrected chi connectivity index (χ2v) is 9.49. The third-order valence-electron chi connectivity index (χ3n) is 5.83. The van der Waals surface area contributed by atoms with Crippen molar-refractivity contribution in [3.8, 4) is 10.4 Å². The zero-order valence-electron chi connectivity index (χ0n) is 17.9. The van der Waals surface area contributed by atoms with Gasteiger partial charge in [0.15, 0.2) is 5.13 Å². The number of benzene rings is 2. The van der Waals surface area contributed by atoms with Gasteiger partial charge < -0.3 is 10.6 Å². The Hall–Kier alpha value is -2.66.